The Morgan fingerprint density at radius 2 is 2.43 bits per heavy atom. The Hall–Kier alpha value is 0.0700. The molecule has 1 amide bonds. The molecule has 0 aromatic carbocycles. The minimum Gasteiger partial charge on any atom is -0.355 e. The Morgan fingerprint density at radius 1 is 1.64 bits per heavy atom. The zero-order valence-corrected chi connectivity index (χ0v) is 10.2. The van der Waals surface area contributed by atoms with Gasteiger partial charge in [0.05, 0.1) is 0 Å². The summed E-state index contributed by atoms with van der Waals surface area (Å²) in [5.74, 6) is 1.10. The zero-order chi connectivity index (χ0) is 9.52. The molecule has 0 aliphatic carbocycles. The maximum Gasteiger partial charge on any atom is 0.220 e. The predicted octanol–water partition coefficient (Wildman–Crippen LogP) is 1.03. The van der Waals surface area contributed by atoms with Gasteiger partial charge in [0.1, 0.15) is 0 Å². The molecule has 3 nitrogen and oxygen atoms in total. The SMILES string of the molecule is CSCCC(=O)NCC1CCCN1.Cl. The third-order valence-corrected chi connectivity index (χ3v) is 2.85. The largest absolute Gasteiger partial charge is 0.355 e. The lowest BCUT2D eigenvalue weighted by molar-refractivity contribution is -0.120. The van der Waals surface area contributed by atoms with Crippen molar-refractivity contribution in [3.05, 3.63) is 0 Å². The average Bonchev–Trinajstić information content (AvgIpc) is 2.64. The molecule has 0 radical (unpaired) electrons. The lowest BCUT2D eigenvalue weighted by Crippen LogP contribution is -2.37. The van der Waals surface area contributed by atoms with E-state index in [1.54, 1.807) is 11.8 Å². The van der Waals surface area contributed by atoms with Crippen LogP contribution in [0.2, 0.25) is 0 Å². The summed E-state index contributed by atoms with van der Waals surface area (Å²) in [4.78, 5) is 11.2. The van der Waals surface area contributed by atoms with Gasteiger partial charge in [-0.25, -0.2) is 0 Å². The fraction of sp³-hybridized carbons (Fsp3) is 0.889. The molecule has 1 unspecified atom stereocenters. The number of nitrogens with one attached hydrogen (secondary N) is 2. The van der Waals surface area contributed by atoms with Crippen molar-refractivity contribution in [2.75, 3.05) is 25.1 Å². The average molecular weight is 239 g/mol. The highest BCUT2D eigenvalue weighted by molar-refractivity contribution is 7.98. The number of hydrogen-bond acceptors (Lipinski definition) is 3. The molecule has 0 saturated carbocycles. The summed E-state index contributed by atoms with van der Waals surface area (Å²) >= 11 is 1.71. The van der Waals surface area contributed by atoms with Gasteiger partial charge in [0, 0.05) is 24.8 Å². The van der Waals surface area contributed by atoms with E-state index < -0.39 is 0 Å². The van der Waals surface area contributed by atoms with Crippen molar-refractivity contribution < 1.29 is 4.79 Å². The van der Waals surface area contributed by atoms with Crippen molar-refractivity contribution in [3.8, 4) is 0 Å². The topological polar surface area (TPSA) is 41.1 Å². The fourth-order valence-electron chi connectivity index (χ4n) is 1.45. The molecule has 1 fully saturated rings. The standard InChI is InChI=1S/C9H18N2OS.ClH/c1-13-6-4-9(12)11-7-8-3-2-5-10-8;/h8,10H,2-7H2,1H3,(H,11,12);1H. The second-order valence-electron chi connectivity index (χ2n) is 3.34. The Labute approximate surface area is 96.2 Å². The molecular formula is C9H19ClN2OS. The van der Waals surface area contributed by atoms with E-state index >= 15 is 0 Å². The summed E-state index contributed by atoms with van der Waals surface area (Å²) in [6.07, 6.45) is 5.11. The number of amides is 1. The lowest BCUT2D eigenvalue weighted by atomic mass is 10.2. The van der Waals surface area contributed by atoms with Gasteiger partial charge in [0.25, 0.3) is 0 Å². The van der Waals surface area contributed by atoms with Gasteiger partial charge in [-0.3, -0.25) is 4.79 Å². The van der Waals surface area contributed by atoms with E-state index in [4.69, 9.17) is 0 Å². The molecule has 2 N–H and O–H groups in total. The van der Waals surface area contributed by atoms with Crippen molar-refractivity contribution in [1.29, 1.82) is 0 Å². The van der Waals surface area contributed by atoms with Gasteiger partial charge >= 0.3 is 0 Å². The third-order valence-electron chi connectivity index (χ3n) is 2.24. The van der Waals surface area contributed by atoms with Crippen LogP contribution in [-0.4, -0.2) is 37.0 Å². The number of carbonyl (C=O) groups excluding carboxylic acids is 1. The molecule has 1 saturated heterocycles. The van der Waals surface area contributed by atoms with Crippen LogP contribution in [0.3, 0.4) is 0 Å². The summed E-state index contributed by atoms with van der Waals surface area (Å²) in [6, 6.07) is 0.512. The van der Waals surface area contributed by atoms with Crippen LogP contribution in [0.25, 0.3) is 0 Å². The van der Waals surface area contributed by atoms with Crippen molar-refractivity contribution in [3.63, 3.8) is 0 Å². The lowest BCUT2D eigenvalue weighted by Gasteiger charge is -2.10. The smallest absolute Gasteiger partial charge is 0.220 e. The molecule has 1 atom stereocenters. The zero-order valence-electron chi connectivity index (χ0n) is 8.54. The van der Waals surface area contributed by atoms with Crippen LogP contribution in [0.5, 0.6) is 0 Å². The highest BCUT2D eigenvalue weighted by Gasteiger charge is 2.14. The number of thioether (sulfide) groups is 1. The molecule has 14 heavy (non-hydrogen) atoms. The monoisotopic (exact) mass is 238 g/mol. The van der Waals surface area contributed by atoms with Crippen molar-refractivity contribution in [2.45, 2.75) is 25.3 Å². The van der Waals surface area contributed by atoms with Crippen molar-refractivity contribution in [1.82, 2.24) is 10.6 Å². The van der Waals surface area contributed by atoms with Gasteiger partial charge in [-0.05, 0) is 25.6 Å². The van der Waals surface area contributed by atoms with Gasteiger partial charge in [-0.1, -0.05) is 0 Å². The van der Waals surface area contributed by atoms with E-state index in [2.05, 4.69) is 10.6 Å². The van der Waals surface area contributed by atoms with Gasteiger partial charge in [-0.2, -0.15) is 11.8 Å². The summed E-state index contributed by atoms with van der Waals surface area (Å²) < 4.78 is 0. The molecule has 1 heterocycles. The summed E-state index contributed by atoms with van der Waals surface area (Å²) in [5.41, 5.74) is 0. The highest BCUT2D eigenvalue weighted by Crippen LogP contribution is 2.03. The first kappa shape index (κ1) is 14.1. The van der Waals surface area contributed by atoms with Crippen molar-refractivity contribution in [2.24, 2.45) is 0 Å². The van der Waals surface area contributed by atoms with Crippen LogP contribution >= 0.6 is 24.2 Å². The van der Waals surface area contributed by atoms with Crippen LogP contribution in [0.1, 0.15) is 19.3 Å². The van der Waals surface area contributed by atoms with Gasteiger partial charge in [0.2, 0.25) is 5.91 Å². The van der Waals surface area contributed by atoms with E-state index in [9.17, 15) is 4.79 Å². The minimum atomic E-state index is 0. The highest BCUT2D eigenvalue weighted by atomic mass is 35.5. The first-order chi connectivity index (χ1) is 6.33. The molecule has 1 rings (SSSR count). The number of hydrogen-bond donors (Lipinski definition) is 2. The molecule has 0 bridgehead atoms. The van der Waals surface area contributed by atoms with Gasteiger partial charge < -0.3 is 10.6 Å². The molecule has 1 aliphatic heterocycles. The summed E-state index contributed by atoms with van der Waals surface area (Å²) in [5, 5.41) is 6.29. The van der Waals surface area contributed by atoms with Crippen LogP contribution in [0.4, 0.5) is 0 Å². The van der Waals surface area contributed by atoms with Crippen LogP contribution in [0, 0.1) is 0 Å². The normalized spacial score (nSPS) is 20.2. The summed E-state index contributed by atoms with van der Waals surface area (Å²) in [6.45, 7) is 1.90. The van der Waals surface area contributed by atoms with E-state index in [-0.39, 0.29) is 18.3 Å². The molecular weight excluding hydrogens is 220 g/mol. The first-order valence-electron chi connectivity index (χ1n) is 4.82. The van der Waals surface area contributed by atoms with E-state index in [0.29, 0.717) is 12.5 Å². The van der Waals surface area contributed by atoms with E-state index in [1.165, 1.54) is 12.8 Å². The van der Waals surface area contributed by atoms with Crippen molar-refractivity contribution >= 4 is 30.1 Å². The number of rotatable bonds is 5. The van der Waals surface area contributed by atoms with Crippen LogP contribution in [0.15, 0.2) is 0 Å². The van der Waals surface area contributed by atoms with Gasteiger partial charge in [-0.15, -0.1) is 12.4 Å². The maximum atomic E-state index is 11.2. The molecule has 0 aromatic rings. The minimum absolute atomic E-state index is 0. The maximum absolute atomic E-state index is 11.2. The van der Waals surface area contributed by atoms with E-state index in [1.807, 2.05) is 6.26 Å². The number of halogens is 1. The molecule has 0 spiro atoms. The molecule has 1 aliphatic rings. The Balaban J connectivity index is 0.00000169. The summed E-state index contributed by atoms with van der Waals surface area (Å²) in [7, 11) is 0. The van der Waals surface area contributed by atoms with Crippen LogP contribution in [-0.2, 0) is 4.79 Å². The predicted molar refractivity (Wildman–Crippen MR) is 64.3 cm³/mol. The van der Waals surface area contributed by atoms with E-state index in [0.717, 1.165) is 18.8 Å². The molecule has 5 heteroatoms. The first-order valence-corrected chi connectivity index (χ1v) is 6.21. The molecule has 84 valence electrons. The number of carbonyl (C=O) groups is 1. The second kappa shape index (κ2) is 8.38. The Morgan fingerprint density at radius 3 is 3.00 bits per heavy atom. The second-order valence-corrected chi connectivity index (χ2v) is 4.33. The quantitative estimate of drug-likeness (QED) is 0.752. The fourth-order valence-corrected chi connectivity index (χ4v) is 1.84. The Bertz CT molecular complexity index is 163. The van der Waals surface area contributed by atoms with Gasteiger partial charge in [0.15, 0.2) is 0 Å². The third kappa shape index (κ3) is 5.73. The molecule has 0 aromatic heterocycles. The Kier molecular flexibility index (Phi) is 8.43. The van der Waals surface area contributed by atoms with Crippen LogP contribution < -0.4 is 10.6 Å².